The number of fused-ring (bicyclic) bond motifs is 1. The molecular weight excluding hydrogens is 486 g/mol. The Morgan fingerprint density at radius 3 is 2.64 bits per heavy atom. The molecule has 0 spiro atoms. The number of amides is 3. The highest BCUT2D eigenvalue weighted by Crippen LogP contribution is 2.35. The van der Waals surface area contributed by atoms with Crippen molar-refractivity contribution >= 4 is 39.6 Å². The Bertz CT molecular complexity index is 1040. The fourth-order valence-electron chi connectivity index (χ4n) is 3.67. The Morgan fingerprint density at radius 1 is 1.28 bits per heavy atom. The monoisotopic (exact) mass is 521 g/mol. The van der Waals surface area contributed by atoms with Gasteiger partial charge < -0.3 is 14.2 Å². The number of nitriles is 1. The molecule has 1 aromatic heterocycles. The lowest BCUT2D eigenvalue weighted by Crippen LogP contribution is -2.45. The van der Waals surface area contributed by atoms with Crippen LogP contribution in [0.4, 0.5) is 16.4 Å². The second-order valence-electron chi connectivity index (χ2n) is 10.6. The zero-order valence-corrected chi connectivity index (χ0v) is 22.6. The summed E-state index contributed by atoms with van der Waals surface area (Å²) in [7, 11) is -0.728. The maximum atomic E-state index is 12.9. The smallest absolute Gasteiger partial charge is 0.411 e. The lowest BCUT2D eigenvalue weighted by molar-refractivity contribution is -0.122. The van der Waals surface area contributed by atoms with Crippen LogP contribution >= 0.6 is 10.0 Å². The molecule has 3 amide bonds. The minimum Gasteiger partial charge on any atom is -0.480 e. The summed E-state index contributed by atoms with van der Waals surface area (Å²) in [6, 6.07) is 4.72. The van der Waals surface area contributed by atoms with Crippen molar-refractivity contribution in [2.24, 2.45) is 0 Å². The van der Waals surface area contributed by atoms with Gasteiger partial charge in [-0.1, -0.05) is 0 Å². The first-order chi connectivity index (χ1) is 16.8. The van der Waals surface area contributed by atoms with E-state index in [0.717, 1.165) is 5.75 Å². The third kappa shape index (κ3) is 7.01. The minimum atomic E-state index is -0.737. The van der Waals surface area contributed by atoms with E-state index in [1.807, 2.05) is 6.07 Å². The molecule has 0 radical (unpaired) electrons. The van der Waals surface area contributed by atoms with Crippen LogP contribution in [0.2, 0.25) is 0 Å². The number of rotatable bonds is 8. The molecule has 0 bridgehead atoms. The molecule has 1 saturated heterocycles. The molecule has 0 aliphatic carbocycles. The van der Waals surface area contributed by atoms with Crippen LogP contribution in [0.25, 0.3) is 0 Å². The van der Waals surface area contributed by atoms with Gasteiger partial charge in [0.05, 0.1) is 18.7 Å². The average Bonchev–Trinajstić information content (AvgIpc) is 3.15. The average molecular weight is 522 g/mol. The van der Waals surface area contributed by atoms with Gasteiger partial charge in [-0.15, -0.1) is 0 Å². The number of aromatic nitrogens is 1. The van der Waals surface area contributed by atoms with Crippen molar-refractivity contribution in [1.29, 1.82) is 5.26 Å². The fourth-order valence-corrected chi connectivity index (χ4v) is 4.29. The van der Waals surface area contributed by atoms with Crippen LogP contribution in [-0.4, -0.2) is 97.0 Å². The SMILES string of the molecule is CC(C)(C)OC(=O)N(CC#N)C1CC(=O)N(c2ccc3c(n2)N(COCCS(C)(C)C)C(=O)CO3)C1. The van der Waals surface area contributed by atoms with Crippen LogP contribution in [0.15, 0.2) is 12.1 Å². The van der Waals surface area contributed by atoms with Gasteiger partial charge in [0.1, 0.15) is 24.7 Å². The fraction of sp³-hybridized carbons (Fsp3) is 0.625. The standard InChI is InChI=1S/C24H35N5O6S/c1-24(2,3)35-23(32)27(10-9-25)17-13-20(30)28(14-17)19-8-7-18-22(26-19)29(21(31)15-34-18)16-33-11-12-36(4,5)6/h7-8,17H,10-16H2,1-6H3. The Morgan fingerprint density at radius 2 is 2.00 bits per heavy atom. The van der Waals surface area contributed by atoms with Gasteiger partial charge in [-0.3, -0.25) is 24.3 Å². The number of anilines is 2. The van der Waals surface area contributed by atoms with Crippen LogP contribution in [0.5, 0.6) is 5.75 Å². The highest BCUT2D eigenvalue weighted by atomic mass is 32.3. The molecule has 2 aliphatic rings. The summed E-state index contributed by atoms with van der Waals surface area (Å²) in [5, 5.41) is 9.24. The summed E-state index contributed by atoms with van der Waals surface area (Å²) in [5.74, 6) is 1.40. The number of ether oxygens (including phenoxy) is 3. The molecule has 2 aliphatic heterocycles. The molecule has 1 aromatic rings. The molecule has 0 aromatic carbocycles. The Hall–Kier alpha value is -3.04. The van der Waals surface area contributed by atoms with E-state index in [2.05, 4.69) is 23.8 Å². The second-order valence-corrected chi connectivity index (χ2v) is 15.2. The van der Waals surface area contributed by atoms with Crippen molar-refractivity contribution in [2.75, 3.05) is 67.4 Å². The predicted octanol–water partition coefficient (Wildman–Crippen LogP) is 2.34. The van der Waals surface area contributed by atoms with E-state index in [1.54, 1.807) is 32.9 Å². The summed E-state index contributed by atoms with van der Waals surface area (Å²) in [5.41, 5.74) is -0.737. The van der Waals surface area contributed by atoms with E-state index in [0.29, 0.717) is 18.2 Å². The summed E-state index contributed by atoms with van der Waals surface area (Å²) in [6.45, 7) is 5.58. The largest absolute Gasteiger partial charge is 0.480 e. The zero-order chi connectivity index (χ0) is 26.7. The molecule has 1 fully saturated rings. The predicted molar refractivity (Wildman–Crippen MR) is 138 cm³/mol. The lowest BCUT2D eigenvalue weighted by Gasteiger charge is -2.31. The summed E-state index contributed by atoms with van der Waals surface area (Å²) < 4.78 is 16.7. The Balaban J connectivity index is 1.77. The van der Waals surface area contributed by atoms with Gasteiger partial charge in [0, 0.05) is 18.7 Å². The van der Waals surface area contributed by atoms with Gasteiger partial charge in [-0.25, -0.2) is 19.8 Å². The Labute approximate surface area is 213 Å². The molecule has 0 saturated carbocycles. The molecule has 12 heteroatoms. The molecular formula is C24H35N5O6S. The van der Waals surface area contributed by atoms with Crippen molar-refractivity contribution in [3.63, 3.8) is 0 Å². The molecule has 36 heavy (non-hydrogen) atoms. The van der Waals surface area contributed by atoms with E-state index < -0.39 is 27.8 Å². The first-order valence-electron chi connectivity index (χ1n) is 11.6. The molecule has 1 unspecified atom stereocenters. The zero-order valence-electron chi connectivity index (χ0n) is 21.8. The van der Waals surface area contributed by atoms with Gasteiger partial charge in [0.15, 0.2) is 18.2 Å². The molecule has 0 N–H and O–H groups in total. The highest BCUT2D eigenvalue weighted by Gasteiger charge is 2.39. The number of hydrogen-bond acceptors (Lipinski definition) is 8. The summed E-state index contributed by atoms with van der Waals surface area (Å²) >= 11 is 0. The van der Waals surface area contributed by atoms with Crippen LogP contribution in [0.1, 0.15) is 27.2 Å². The maximum Gasteiger partial charge on any atom is 0.411 e. The minimum absolute atomic E-state index is 0.0249. The first kappa shape index (κ1) is 27.5. The van der Waals surface area contributed by atoms with Crippen molar-refractivity contribution in [3.05, 3.63) is 12.1 Å². The number of hydrogen-bond donors (Lipinski definition) is 0. The van der Waals surface area contributed by atoms with Gasteiger partial charge in [0.2, 0.25) is 5.91 Å². The van der Waals surface area contributed by atoms with Gasteiger partial charge in [0.25, 0.3) is 5.91 Å². The summed E-state index contributed by atoms with van der Waals surface area (Å²) in [4.78, 5) is 46.8. The lowest BCUT2D eigenvalue weighted by atomic mass is 10.2. The number of carbonyl (C=O) groups is 3. The van der Waals surface area contributed by atoms with E-state index in [-0.39, 0.29) is 50.5 Å². The summed E-state index contributed by atoms with van der Waals surface area (Å²) in [6.07, 6.45) is 5.96. The third-order valence-corrected chi connectivity index (χ3v) is 6.88. The van der Waals surface area contributed by atoms with E-state index in [4.69, 9.17) is 14.2 Å². The normalized spacial score (nSPS) is 18.4. The molecule has 3 heterocycles. The second kappa shape index (κ2) is 10.9. The number of carbonyl (C=O) groups excluding carboxylic acids is 3. The van der Waals surface area contributed by atoms with Crippen LogP contribution in [0, 0.1) is 11.3 Å². The topological polar surface area (TPSA) is 125 Å². The third-order valence-electron chi connectivity index (χ3n) is 5.48. The first-order valence-corrected chi connectivity index (χ1v) is 14.7. The number of pyridine rings is 1. The van der Waals surface area contributed by atoms with Crippen molar-refractivity contribution in [1.82, 2.24) is 9.88 Å². The molecule has 198 valence electrons. The Kier molecular flexibility index (Phi) is 8.36. The number of nitrogens with zero attached hydrogens (tertiary/aromatic N) is 5. The quantitative estimate of drug-likeness (QED) is 0.377. The van der Waals surface area contributed by atoms with Crippen molar-refractivity contribution in [2.45, 2.75) is 38.8 Å². The van der Waals surface area contributed by atoms with Crippen molar-refractivity contribution < 1.29 is 28.6 Å². The highest BCUT2D eigenvalue weighted by molar-refractivity contribution is 8.32. The van der Waals surface area contributed by atoms with E-state index in [9.17, 15) is 19.6 Å². The molecule has 3 rings (SSSR count). The van der Waals surface area contributed by atoms with Gasteiger partial charge >= 0.3 is 6.09 Å². The van der Waals surface area contributed by atoms with Crippen molar-refractivity contribution in [3.8, 4) is 11.8 Å². The van der Waals surface area contributed by atoms with E-state index in [1.165, 1.54) is 14.7 Å². The van der Waals surface area contributed by atoms with Crippen LogP contribution in [0.3, 0.4) is 0 Å². The molecule has 11 nitrogen and oxygen atoms in total. The maximum absolute atomic E-state index is 12.9. The van der Waals surface area contributed by atoms with Crippen LogP contribution < -0.4 is 14.5 Å². The van der Waals surface area contributed by atoms with Gasteiger partial charge in [-0.2, -0.15) is 5.26 Å². The van der Waals surface area contributed by atoms with Crippen LogP contribution in [-0.2, 0) is 19.1 Å². The molecule has 1 atom stereocenters. The van der Waals surface area contributed by atoms with E-state index >= 15 is 0 Å². The van der Waals surface area contributed by atoms with Gasteiger partial charge in [-0.05, 0) is 51.7 Å².